The first-order valence-corrected chi connectivity index (χ1v) is 7.49. The number of nitriles is 1. The summed E-state index contributed by atoms with van der Waals surface area (Å²) < 4.78 is 6.86. The van der Waals surface area contributed by atoms with Gasteiger partial charge in [0, 0.05) is 11.8 Å². The second kappa shape index (κ2) is 6.66. The van der Waals surface area contributed by atoms with Gasteiger partial charge in [-0.1, -0.05) is 18.2 Å². The number of nitrogens with zero attached hydrogens (tertiary/aromatic N) is 3. The molecule has 0 fully saturated rings. The number of aryl methyl sites for hydroxylation is 1. The van der Waals surface area contributed by atoms with E-state index in [0.29, 0.717) is 6.42 Å². The maximum Gasteiger partial charge on any atom is 0.328 e. The zero-order chi connectivity index (χ0) is 17.0. The predicted octanol–water partition coefficient (Wildman–Crippen LogP) is 3.27. The minimum absolute atomic E-state index is 0.0861. The predicted molar refractivity (Wildman–Crippen MR) is 87.6 cm³/mol. The quantitative estimate of drug-likeness (QED) is 0.813. The Morgan fingerprint density at radius 2 is 2.09 bits per heavy atom. The van der Waals surface area contributed by atoms with Gasteiger partial charge in [0.15, 0.2) is 0 Å². The summed E-state index contributed by atoms with van der Waals surface area (Å²) in [7, 11) is 0. The topological polar surface area (TPSA) is 67.9 Å². The number of ether oxygens (including phenoxy) is 1. The molecule has 0 atom stereocenters. The van der Waals surface area contributed by atoms with Gasteiger partial charge in [0.25, 0.3) is 0 Å². The Kier molecular flexibility index (Phi) is 4.85. The lowest BCUT2D eigenvalue weighted by Crippen LogP contribution is -2.26. The largest absolute Gasteiger partial charge is 0.459 e. The summed E-state index contributed by atoms with van der Waals surface area (Å²) in [5.74, 6) is -0.312. The number of rotatable bonds is 4. The fraction of sp³-hybridized carbons (Fsp3) is 0.389. The summed E-state index contributed by atoms with van der Waals surface area (Å²) >= 11 is 0. The molecule has 0 saturated carbocycles. The molecule has 0 aliphatic rings. The normalized spacial score (nSPS) is 11.1. The third-order valence-corrected chi connectivity index (χ3v) is 3.29. The van der Waals surface area contributed by atoms with Gasteiger partial charge in [0.1, 0.15) is 12.1 Å². The van der Waals surface area contributed by atoms with Crippen LogP contribution in [-0.2, 0) is 22.5 Å². The van der Waals surface area contributed by atoms with Crippen LogP contribution in [0, 0.1) is 18.3 Å². The van der Waals surface area contributed by atoms with Crippen LogP contribution in [0.15, 0.2) is 30.6 Å². The van der Waals surface area contributed by atoms with E-state index in [-0.39, 0.29) is 12.5 Å². The van der Waals surface area contributed by atoms with Crippen molar-refractivity contribution in [2.75, 3.05) is 0 Å². The Bertz CT molecular complexity index is 748. The molecule has 0 aliphatic carbocycles. The Balaban J connectivity index is 2.12. The highest BCUT2D eigenvalue weighted by Gasteiger charge is 2.17. The van der Waals surface area contributed by atoms with Crippen LogP contribution in [0.25, 0.3) is 11.1 Å². The Hall–Kier alpha value is -2.61. The summed E-state index contributed by atoms with van der Waals surface area (Å²) in [5, 5.41) is 13.0. The lowest BCUT2D eigenvalue weighted by molar-refractivity contribution is -0.155. The van der Waals surface area contributed by atoms with Crippen molar-refractivity contribution in [2.24, 2.45) is 0 Å². The van der Waals surface area contributed by atoms with Crippen LogP contribution in [0.2, 0.25) is 0 Å². The van der Waals surface area contributed by atoms with Crippen LogP contribution in [0.4, 0.5) is 0 Å². The number of esters is 1. The zero-order valence-electron chi connectivity index (χ0n) is 14.0. The maximum absolute atomic E-state index is 11.8. The molecule has 0 unspecified atom stereocenters. The molecule has 0 spiro atoms. The van der Waals surface area contributed by atoms with E-state index in [9.17, 15) is 4.79 Å². The molecule has 5 nitrogen and oxygen atoms in total. The molecule has 0 bridgehead atoms. The molecule has 0 saturated heterocycles. The van der Waals surface area contributed by atoms with E-state index in [1.165, 1.54) is 0 Å². The smallest absolute Gasteiger partial charge is 0.328 e. The molecule has 5 heteroatoms. The van der Waals surface area contributed by atoms with Gasteiger partial charge in [-0.25, -0.2) is 0 Å². The van der Waals surface area contributed by atoms with E-state index in [2.05, 4.69) is 11.2 Å². The fourth-order valence-electron chi connectivity index (χ4n) is 2.26. The molecule has 1 aromatic heterocycles. The minimum Gasteiger partial charge on any atom is -0.459 e. The summed E-state index contributed by atoms with van der Waals surface area (Å²) in [6, 6.07) is 8.11. The minimum atomic E-state index is -0.499. The van der Waals surface area contributed by atoms with Crippen LogP contribution >= 0.6 is 0 Å². The van der Waals surface area contributed by atoms with E-state index in [1.807, 2.05) is 52.1 Å². The highest BCUT2D eigenvalue weighted by Crippen LogP contribution is 2.22. The Morgan fingerprint density at radius 1 is 1.35 bits per heavy atom. The number of aromatic nitrogens is 2. The average molecular weight is 311 g/mol. The van der Waals surface area contributed by atoms with Crippen molar-refractivity contribution in [3.05, 3.63) is 41.7 Å². The van der Waals surface area contributed by atoms with E-state index in [4.69, 9.17) is 10.00 Å². The van der Waals surface area contributed by atoms with Gasteiger partial charge in [-0.3, -0.25) is 9.48 Å². The highest BCUT2D eigenvalue weighted by molar-refractivity contribution is 5.70. The van der Waals surface area contributed by atoms with Crippen LogP contribution in [0.1, 0.15) is 31.9 Å². The molecule has 0 N–H and O–H groups in total. The molecule has 0 radical (unpaired) electrons. The van der Waals surface area contributed by atoms with Crippen LogP contribution in [-0.4, -0.2) is 21.4 Å². The second-order valence-corrected chi connectivity index (χ2v) is 6.49. The molecule has 0 amide bonds. The summed E-state index contributed by atoms with van der Waals surface area (Å²) in [6.07, 6.45) is 3.95. The van der Waals surface area contributed by atoms with Gasteiger partial charge in [0.05, 0.1) is 18.7 Å². The average Bonchev–Trinajstić information content (AvgIpc) is 2.87. The first-order chi connectivity index (χ1) is 10.8. The van der Waals surface area contributed by atoms with Crippen molar-refractivity contribution < 1.29 is 9.53 Å². The van der Waals surface area contributed by atoms with E-state index in [1.54, 1.807) is 10.9 Å². The van der Waals surface area contributed by atoms with Crippen LogP contribution < -0.4 is 0 Å². The third-order valence-electron chi connectivity index (χ3n) is 3.29. The first kappa shape index (κ1) is 16.8. The van der Waals surface area contributed by atoms with E-state index >= 15 is 0 Å². The lowest BCUT2D eigenvalue weighted by Gasteiger charge is -2.19. The SMILES string of the molecule is Cc1cc(-c2cnn(CC(=O)OC(C)(C)C)c2)ccc1CC#N. The maximum atomic E-state index is 11.8. The lowest BCUT2D eigenvalue weighted by atomic mass is 10.0. The number of benzene rings is 1. The molecule has 120 valence electrons. The highest BCUT2D eigenvalue weighted by atomic mass is 16.6. The van der Waals surface area contributed by atoms with Crippen molar-refractivity contribution in [2.45, 2.75) is 46.3 Å². The molecule has 2 aromatic rings. The molecule has 1 heterocycles. The number of hydrogen-bond donors (Lipinski definition) is 0. The molecule has 0 aliphatic heterocycles. The zero-order valence-corrected chi connectivity index (χ0v) is 14.0. The van der Waals surface area contributed by atoms with Gasteiger partial charge >= 0.3 is 5.97 Å². The van der Waals surface area contributed by atoms with Gasteiger partial charge < -0.3 is 4.74 Å². The summed E-state index contributed by atoms with van der Waals surface area (Å²) in [4.78, 5) is 11.8. The Labute approximate surface area is 136 Å². The van der Waals surface area contributed by atoms with Gasteiger partial charge in [-0.2, -0.15) is 10.4 Å². The van der Waals surface area contributed by atoms with Crippen LogP contribution in [0.5, 0.6) is 0 Å². The van der Waals surface area contributed by atoms with Crippen molar-refractivity contribution in [1.82, 2.24) is 9.78 Å². The fourth-order valence-corrected chi connectivity index (χ4v) is 2.26. The molecule has 1 aromatic carbocycles. The Morgan fingerprint density at radius 3 is 2.70 bits per heavy atom. The number of hydrogen-bond acceptors (Lipinski definition) is 4. The second-order valence-electron chi connectivity index (χ2n) is 6.49. The molecule has 23 heavy (non-hydrogen) atoms. The van der Waals surface area contributed by atoms with Crippen molar-refractivity contribution in [3.63, 3.8) is 0 Å². The van der Waals surface area contributed by atoms with Crippen molar-refractivity contribution in [3.8, 4) is 17.2 Å². The first-order valence-electron chi connectivity index (χ1n) is 7.49. The van der Waals surface area contributed by atoms with E-state index in [0.717, 1.165) is 22.3 Å². The number of carbonyl (C=O) groups excluding carboxylic acids is 1. The van der Waals surface area contributed by atoms with Gasteiger partial charge in [0.2, 0.25) is 0 Å². The van der Waals surface area contributed by atoms with Crippen LogP contribution in [0.3, 0.4) is 0 Å². The van der Waals surface area contributed by atoms with Crippen molar-refractivity contribution in [1.29, 1.82) is 5.26 Å². The molecular weight excluding hydrogens is 290 g/mol. The standard InChI is InChI=1S/C18H21N3O2/c1-13-9-15(6-5-14(13)7-8-19)16-10-20-21(11-16)12-17(22)23-18(2,3)4/h5-6,9-11H,7,12H2,1-4H3. The van der Waals surface area contributed by atoms with Crippen molar-refractivity contribution >= 4 is 5.97 Å². The van der Waals surface area contributed by atoms with Gasteiger partial charge in [-0.15, -0.1) is 0 Å². The number of carbonyl (C=O) groups is 1. The third kappa shape index (κ3) is 4.68. The summed E-state index contributed by atoms with van der Waals surface area (Å²) in [5.41, 5.74) is 3.54. The molecule has 2 rings (SSSR count). The van der Waals surface area contributed by atoms with E-state index < -0.39 is 5.60 Å². The van der Waals surface area contributed by atoms with Gasteiger partial charge in [-0.05, 0) is 44.4 Å². The summed E-state index contributed by atoms with van der Waals surface area (Å²) in [6.45, 7) is 7.59. The molecular formula is C18H21N3O2. The monoisotopic (exact) mass is 311 g/mol.